The number of benzene rings is 1. The Morgan fingerprint density at radius 2 is 1.87 bits per heavy atom. The van der Waals surface area contributed by atoms with Gasteiger partial charge in [-0.1, -0.05) is 6.07 Å². The van der Waals surface area contributed by atoms with Crippen LogP contribution in [0, 0.1) is 11.7 Å². The Morgan fingerprint density at radius 3 is 2.55 bits per heavy atom. The number of hydrogen-bond donors (Lipinski definition) is 1. The molecule has 5 rings (SSSR count). The molecule has 0 radical (unpaired) electrons. The Balaban J connectivity index is 1.33. The van der Waals surface area contributed by atoms with Crippen molar-refractivity contribution in [1.29, 1.82) is 0 Å². The summed E-state index contributed by atoms with van der Waals surface area (Å²) < 4.78 is 59.3. The van der Waals surface area contributed by atoms with Crippen molar-refractivity contribution in [2.45, 2.75) is 32.0 Å². The summed E-state index contributed by atoms with van der Waals surface area (Å²) in [4.78, 5) is 20.7. The molecule has 1 fully saturated rings. The second-order valence-corrected chi connectivity index (χ2v) is 9.32. The van der Waals surface area contributed by atoms with Crippen LogP contribution in [0.4, 0.5) is 29.5 Å². The van der Waals surface area contributed by atoms with Gasteiger partial charge in [-0.05, 0) is 30.9 Å². The number of para-hydroxylation sites is 1. The number of nitrogen functional groups attached to an aromatic ring is 1. The average Bonchev–Trinajstić information content (AvgIpc) is 3.32. The van der Waals surface area contributed by atoms with E-state index in [0.29, 0.717) is 53.7 Å². The number of fused-ring (bicyclic) bond motifs is 3. The van der Waals surface area contributed by atoms with Crippen molar-refractivity contribution in [2.24, 2.45) is 5.92 Å². The smallest absolute Gasteiger partial charge is 0.390 e. The van der Waals surface area contributed by atoms with Gasteiger partial charge < -0.3 is 15.4 Å². The monoisotopic (exact) mass is 533 g/mol. The van der Waals surface area contributed by atoms with Crippen LogP contribution < -0.4 is 15.4 Å². The third kappa shape index (κ3) is 5.69. The molecule has 38 heavy (non-hydrogen) atoms. The van der Waals surface area contributed by atoms with Gasteiger partial charge >= 0.3 is 6.18 Å². The van der Waals surface area contributed by atoms with Gasteiger partial charge in [0.2, 0.25) is 11.9 Å². The molecule has 202 valence electrons. The molecule has 10 nitrogen and oxygen atoms in total. The molecule has 0 spiro atoms. The first-order chi connectivity index (χ1) is 18.2. The zero-order valence-corrected chi connectivity index (χ0v) is 20.7. The van der Waals surface area contributed by atoms with Crippen LogP contribution in [-0.4, -0.2) is 73.9 Å². The fourth-order valence-electron chi connectivity index (χ4n) is 4.77. The molecule has 1 aromatic carbocycles. The van der Waals surface area contributed by atoms with E-state index in [9.17, 15) is 17.6 Å². The van der Waals surface area contributed by atoms with Gasteiger partial charge in [0.1, 0.15) is 11.3 Å². The Hall–Kier alpha value is -3.81. The maximum absolute atomic E-state index is 13.1. The lowest BCUT2D eigenvalue weighted by atomic mass is 9.96. The van der Waals surface area contributed by atoms with Crippen LogP contribution in [0.1, 0.15) is 25.1 Å². The van der Waals surface area contributed by atoms with E-state index in [1.54, 1.807) is 17.0 Å². The predicted octanol–water partition coefficient (Wildman–Crippen LogP) is 3.47. The van der Waals surface area contributed by atoms with E-state index in [2.05, 4.69) is 25.0 Å². The summed E-state index contributed by atoms with van der Waals surface area (Å²) in [6.07, 6.45) is -1.50. The third-order valence-corrected chi connectivity index (χ3v) is 6.65. The lowest BCUT2D eigenvalue weighted by Crippen LogP contribution is -2.40. The Kier molecular flexibility index (Phi) is 7.15. The Morgan fingerprint density at radius 1 is 1.13 bits per heavy atom. The van der Waals surface area contributed by atoms with Gasteiger partial charge in [-0.25, -0.2) is 24.3 Å². The van der Waals surface area contributed by atoms with E-state index in [4.69, 9.17) is 10.5 Å². The summed E-state index contributed by atoms with van der Waals surface area (Å²) in [6, 6.07) is 5.37. The lowest BCUT2D eigenvalue weighted by Gasteiger charge is -2.34. The van der Waals surface area contributed by atoms with Gasteiger partial charge in [0.25, 0.3) is 0 Å². The standard InChI is InChI=1S/C24H27F4N9O/c1-38-18-4-2-3-17-20(18)33-22(29)37-21(17)32-19(34-37)14-35(10-7-24(26,27)28)13-15-5-8-36(9-6-15)23-30-11-16(25)12-31-23/h2-4,11-12,15H,5-10,13-14H2,1H3,(H2,29,33). The minimum atomic E-state index is -4.28. The number of methoxy groups -OCH3 is 1. The van der Waals surface area contributed by atoms with Gasteiger partial charge in [0.15, 0.2) is 17.3 Å². The number of nitrogens with two attached hydrogens (primary N) is 1. The maximum atomic E-state index is 13.1. The molecule has 2 N–H and O–H groups in total. The third-order valence-electron chi connectivity index (χ3n) is 6.65. The van der Waals surface area contributed by atoms with Gasteiger partial charge in [0, 0.05) is 31.6 Å². The molecular formula is C24H27F4N9O. The highest BCUT2D eigenvalue weighted by Gasteiger charge is 2.30. The molecule has 0 aliphatic carbocycles. The summed E-state index contributed by atoms with van der Waals surface area (Å²) in [5, 5.41) is 5.13. The molecule has 0 unspecified atom stereocenters. The molecule has 14 heteroatoms. The number of hydrogen-bond acceptors (Lipinski definition) is 9. The minimum absolute atomic E-state index is 0.105. The summed E-state index contributed by atoms with van der Waals surface area (Å²) >= 11 is 0. The first kappa shape index (κ1) is 25.8. The van der Waals surface area contributed by atoms with Crippen molar-refractivity contribution in [3.05, 3.63) is 42.2 Å². The van der Waals surface area contributed by atoms with Crippen LogP contribution in [0.15, 0.2) is 30.6 Å². The van der Waals surface area contributed by atoms with E-state index in [1.807, 2.05) is 11.0 Å². The van der Waals surface area contributed by atoms with Crippen molar-refractivity contribution in [3.8, 4) is 5.75 Å². The largest absolute Gasteiger partial charge is 0.494 e. The van der Waals surface area contributed by atoms with E-state index in [1.165, 1.54) is 11.6 Å². The van der Waals surface area contributed by atoms with Crippen LogP contribution >= 0.6 is 0 Å². The minimum Gasteiger partial charge on any atom is -0.494 e. The Labute approximate surface area is 215 Å². The lowest BCUT2D eigenvalue weighted by molar-refractivity contribution is -0.138. The highest BCUT2D eigenvalue weighted by Crippen LogP contribution is 2.28. The Bertz CT molecular complexity index is 1400. The highest BCUT2D eigenvalue weighted by atomic mass is 19.4. The fraction of sp³-hybridized carbons (Fsp3) is 0.458. The summed E-state index contributed by atoms with van der Waals surface area (Å²) in [5.74, 6) is 1.09. The number of rotatable bonds is 8. The van der Waals surface area contributed by atoms with Crippen LogP contribution in [0.3, 0.4) is 0 Å². The molecule has 4 aromatic rings. The van der Waals surface area contributed by atoms with Gasteiger partial charge in [-0.3, -0.25) is 4.90 Å². The second-order valence-electron chi connectivity index (χ2n) is 9.32. The molecular weight excluding hydrogens is 506 g/mol. The van der Waals surface area contributed by atoms with Gasteiger partial charge in [-0.2, -0.15) is 17.7 Å². The van der Waals surface area contributed by atoms with E-state index >= 15 is 0 Å². The number of nitrogens with zero attached hydrogens (tertiary/aromatic N) is 8. The van der Waals surface area contributed by atoms with Crippen LogP contribution in [0.25, 0.3) is 16.6 Å². The number of halogens is 4. The van der Waals surface area contributed by atoms with E-state index in [-0.39, 0.29) is 25.0 Å². The highest BCUT2D eigenvalue weighted by molar-refractivity contribution is 5.95. The fourth-order valence-corrected chi connectivity index (χ4v) is 4.77. The second kappa shape index (κ2) is 10.5. The number of aromatic nitrogens is 6. The van der Waals surface area contributed by atoms with Gasteiger partial charge in [-0.15, -0.1) is 5.10 Å². The number of ether oxygens (including phenoxy) is 1. The number of anilines is 2. The zero-order chi connectivity index (χ0) is 26.9. The molecule has 0 saturated carbocycles. The van der Waals surface area contributed by atoms with E-state index in [0.717, 1.165) is 25.2 Å². The van der Waals surface area contributed by atoms with E-state index < -0.39 is 18.4 Å². The van der Waals surface area contributed by atoms with Crippen molar-refractivity contribution in [2.75, 3.05) is 43.9 Å². The maximum Gasteiger partial charge on any atom is 0.390 e. The van der Waals surface area contributed by atoms with Gasteiger partial charge in [0.05, 0.1) is 32.5 Å². The average molecular weight is 534 g/mol. The molecule has 0 bridgehead atoms. The molecule has 3 aromatic heterocycles. The first-order valence-electron chi connectivity index (χ1n) is 12.2. The van der Waals surface area contributed by atoms with Crippen molar-refractivity contribution in [3.63, 3.8) is 0 Å². The normalized spacial score (nSPS) is 15.2. The van der Waals surface area contributed by atoms with Crippen LogP contribution in [0.5, 0.6) is 5.75 Å². The van der Waals surface area contributed by atoms with Crippen LogP contribution in [0.2, 0.25) is 0 Å². The molecule has 4 heterocycles. The molecule has 1 aliphatic heterocycles. The van der Waals surface area contributed by atoms with Crippen molar-refractivity contribution in [1.82, 2.24) is 34.4 Å². The number of piperidine rings is 1. The number of alkyl halides is 3. The predicted molar refractivity (Wildman–Crippen MR) is 132 cm³/mol. The van der Waals surface area contributed by atoms with Crippen molar-refractivity contribution < 1.29 is 22.3 Å². The summed E-state index contributed by atoms with van der Waals surface area (Å²) in [6.45, 7) is 1.66. The SMILES string of the molecule is COc1cccc2c1nc(N)n1nc(CN(CCC(F)(F)F)CC3CCN(c4ncc(F)cn4)CC3)nc21. The quantitative estimate of drug-likeness (QED) is 0.341. The summed E-state index contributed by atoms with van der Waals surface area (Å²) in [7, 11) is 1.53. The molecule has 0 atom stereocenters. The van der Waals surface area contributed by atoms with Crippen LogP contribution in [-0.2, 0) is 6.54 Å². The van der Waals surface area contributed by atoms with Crippen molar-refractivity contribution >= 4 is 28.4 Å². The topological polar surface area (TPSA) is 111 Å². The first-order valence-corrected chi connectivity index (χ1v) is 12.2. The zero-order valence-electron chi connectivity index (χ0n) is 20.7. The molecule has 0 amide bonds. The molecule has 1 aliphatic rings. The summed E-state index contributed by atoms with van der Waals surface area (Å²) in [5.41, 5.74) is 7.12. The molecule has 1 saturated heterocycles.